The summed E-state index contributed by atoms with van der Waals surface area (Å²) in [5.74, 6) is -0.342. The molecule has 4 aromatic rings. The van der Waals surface area contributed by atoms with Crippen LogP contribution in [-0.2, 0) is 27.3 Å². The van der Waals surface area contributed by atoms with Crippen molar-refractivity contribution in [2.45, 2.75) is 51.9 Å². The molecule has 3 aromatic carbocycles. The SMILES string of the molecule is COc1ccc(C(=O)N[C@H]2Cc3ccc(cc3)OCCNC(=O)Cn3nc(-c4ccccc4)nc3[C@H](C)NC(=O)[C@@H](C(C)C)NC2=O)c(OC)c1OC. The summed E-state index contributed by atoms with van der Waals surface area (Å²) in [4.78, 5) is 59.5. The van der Waals surface area contributed by atoms with Gasteiger partial charge in [0.15, 0.2) is 17.3 Å². The molecule has 4 N–H and O–H groups in total. The van der Waals surface area contributed by atoms with Crippen LogP contribution in [0.5, 0.6) is 23.0 Å². The molecule has 2 aliphatic heterocycles. The maximum Gasteiger partial charge on any atom is 0.255 e. The van der Waals surface area contributed by atoms with Crippen LogP contribution in [0, 0.1) is 5.92 Å². The summed E-state index contributed by atoms with van der Waals surface area (Å²) >= 11 is 0. The number of aromatic nitrogens is 3. The molecule has 0 spiro atoms. The van der Waals surface area contributed by atoms with Crippen molar-refractivity contribution in [2.75, 3.05) is 34.5 Å². The summed E-state index contributed by atoms with van der Waals surface area (Å²) in [5, 5.41) is 16.1. The summed E-state index contributed by atoms with van der Waals surface area (Å²) in [5.41, 5.74) is 1.57. The molecule has 2 bridgehead atoms. The molecule has 0 radical (unpaired) electrons. The minimum absolute atomic E-state index is 0.0811. The average molecular weight is 728 g/mol. The summed E-state index contributed by atoms with van der Waals surface area (Å²) in [7, 11) is 4.30. The van der Waals surface area contributed by atoms with Gasteiger partial charge in [0.2, 0.25) is 23.5 Å². The van der Waals surface area contributed by atoms with Gasteiger partial charge in [0.05, 0.1) is 39.5 Å². The molecule has 3 heterocycles. The van der Waals surface area contributed by atoms with E-state index in [4.69, 9.17) is 23.9 Å². The quantitative estimate of drug-likeness (QED) is 0.221. The summed E-state index contributed by atoms with van der Waals surface area (Å²) in [6, 6.07) is 16.6. The Balaban J connectivity index is 1.47. The first kappa shape index (κ1) is 38.1. The van der Waals surface area contributed by atoms with Crippen molar-refractivity contribution in [1.29, 1.82) is 0 Å². The number of ether oxygens (including phenoxy) is 4. The molecule has 15 heteroatoms. The molecule has 4 amide bonds. The highest BCUT2D eigenvalue weighted by atomic mass is 16.5. The zero-order valence-corrected chi connectivity index (χ0v) is 30.6. The number of nitrogens with one attached hydrogen (secondary N) is 4. The monoisotopic (exact) mass is 727 g/mol. The lowest BCUT2D eigenvalue weighted by Gasteiger charge is -2.27. The van der Waals surface area contributed by atoms with Crippen LogP contribution in [-0.4, -0.2) is 85.0 Å². The summed E-state index contributed by atoms with van der Waals surface area (Å²) < 4.78 is 23.6. The third-order valence-electron chi connectivity index (χ3n) is 8.65. The van der Waals surface area contributed by atoms with Gasteiger partial charge in [-0.25, -0.2) is 9.67 Å². The molecule has 0 fully saturated rings. The van der Waals surface area contributed by atoms with Crippen LogP contribution in [0.3, 0.4) is 0 Å². The molecule has 6 rings (SSSR count). The van der Waals surface area contributed by atoms with E-state index in [2.05, 4.69) is 26.4 Å². The smallest absolute Gasteiger partial charge is 0.255 e. The number of methoxy groups -OCH3 is 3. The van der Waals surface area contributed by atoms with Crippen molar-refractivity contribution in [2.24, 2.45) is 5.92 Å². The third kappa shape index (κ3) is 9.22. The van der Waals surface area contributed by atoms with Crippen LogP contribution in [0.2, 0.25) is 0 Å². The van der Waals surface area contributed by atoms with Crippen LogP contribution in [0.25, 0.3) is 11.4 Å². The Labute approximate surface area is 307 Å². The fourth-order valence-electron chi connectivity index (χ4n) is 5.89. The number of rotatable bonds is 7. The minimum Gasteiger partial charge on any atom is -0.493 e. The first-order chi connectivity index (χ1) is 25.5. The molecule has 2 aliphatic rings. The first-order valence-electron chi connectivity index (χ1n) is 17.2. The maximum absolute atomic E-state index is 14.1. The van der Waals surface area contributed by atoms with E-state index < -0.39 is 35.8 Å². The second-order valence-corrected chi connectivity index (χ2v) is 12.7. The van der Waals surface area contributed by atoms with Gasteiger partial charge in [-0.2, -0.15) is 5.10 Å². The molecule has 0 saturated carbocycles. The highest BCUT2D eigenvalue weighted by molar-refractivity contribution is 6.01. The number of amides is 4. The van der Waals surface area contributed by atoms with Gasteiger partial charge in [0.25, 0.3) is 5.91 Å². The lowest BCUT2D eigenvalue weighted by Crippen LogP contribution is -2.56. The van der Waals surface area contributed by atoms with Crippen molar-refractivity contribution in [1.82, 2.24) is 36.0 Å². The van der Waals surface area contributed by atoms with Crippen molar-refractivity contribution >= 4 is 23.6 Å². The maximum atomic E-state index is 14.1. The van der Waals surface area contributed by atoms with E-state index in [-0.39, 0.29) is 55.0 Å². The molecule has 0 unspecified atom stereocenters. The predicted molar refractivity (Wildman–Crippen MR) is 195 cm³/mol. The van der Waals surface area contributed by atoms with E-state index in [0.717, 1.165) is 5.56 Å². The topological polar surface area (TPSA) is 184 Å². The Morgan fingerprint density at radius 1 is 0.906 bits per heavy atom. The van der Waals surface area contributed by atoms with E-state index in [9.17, 15) is 19.2 Å². The molecule has 0 saturated heterocycles. The van der Waals surface area contributed by atoms with Crippen LogP contribution in [0.1, 0.15) is 48.6 Å². The Hall–Kier alpha value is -6.12. The minimum atomic E-state index is -1.11. The second kappa shape index (κ2) is 17.4. The standard InChI is InChI=1S/C38H45N7O8/c1-22(2)31-38(49)40-23(3)35-43-34(25-10-8-7-9-11-25)44-45(35)21-30(46)39-18-19-53-26-14-12-24(13-15-26)20-28(37(48)42-31)41-36(47)27-16-17-29(50-4)33(52-6)32(27)51-5/h7-17,22-23,28,31H,18-21H2,1-6H3,(H,39,46)(H,40,49)(H,41,47)(H,42,48)/t23-,28-,31+/m0/s1. The van der Waals surface area contributed by atoms with Gasteiger partial charge in [-0.3, -0.25) is 19.2 Å². The predicted octanol–water partition coefficient (Wildman–Crippen LogP) is 2.84. The Kier molecular flexibility index (Phi) is 12.5. The molecule has 3 atom stereocenters. The number of hydrogen-bond acceptors (Lipinski definition) is 10. The van der Waals surface area contributed by atoms with Gasteiger partial charge in [0, 0.05) is 12.0 Å². The molecule has 280 valence electrons. The van der Waals surface area contributed by atoms with Gasteiger partial charge in [-0.1, -0.05) is 56.3 Å². The van der Waals surface area contributed by atoms with E-state index in [1.54, 1.807) is 51.1 Å². The number of carbonyl (C=O) groups is 4. The second-order valence-electron chi connectivity index (χ2n) is 12.7. The van der Waals surface area contributed by atoms with Crippen LogP contribution >= 0.6 is 0 Å². The number of carbonyl (C=O) groups excluding carboxylic acids is 4. The van der Waals surface area contributed by atoms with Gasteiger partial charge >= 0.3 is 0 Å². The molecular weight excluding hydrogens is 682 g/mol. The van der Waals surface area contributed by atoms with Crippen molar-refractivity contribution in [3.8, 4) is 34.4 Å². The van der Waals surface area contributed by atoms with Gasteiger partial charge in [-0.15, -0.1) is 0 Å². The lowest BCUT2D eigenvalue weighted by atomic mass is 10.00. The first-order valence-corrected chi connectivity index (χ1v) is 17.2. The Morgan fingerprint density at radius 2 is 1.62 bits per heavy atom. The number of nitrogens with zero attached hydrogens (tertiary/aromatic N) is 3. The van der Waals surface area contributed by atoms with Gasteiger partial charge in [0.1, 0.15) is 36.8 Å². The van der Waals surface area contributed by atoms with Gasteiger partial charge < -0.3 is 40.2 Å². The van der Waals surface area contributed by atoms with E-state index in [1.165, 1.54) is 32.1 Å². The fraction of sp³-hybridized carbons (Fsp3) is 0.368. The summed E-state index contributed by atoms with van der Waals surface area (Å²) in [6.45, 7) is 5.60. The number of hydrogen-bond donors (Lipinski definition) is 4. The molecule has 0 aliphatic carbocycles. The van der Waals surface area contributed by atoms with E-state index in [0.29, 0.717) is 28.7 Å². The molecule has 15 nitrogen and oxygen atoms in total. The van der Waals surface area contributed by atoms with Crippen LogP contribution < -0.4 is 40.2 Å². The zero-order chi connectivity index (χ0) is 38.1. The lowest BCUT2D eigenvalue weighted by molar-refractivity contribution is -0.131. The normalized spacial score (nSPS) is 18.5. The Bertz CT molecular complexity index is 1910. The van der Waals surface area contributed by atoms with E-state index >= 15 is 0 Å². The van der Waals surface area contributed by atoms with E-state index in [1.807, 2.05) is 30.3 Å². The average Bonchev–Trinajstić information content (AvgIpc) is 3.58. The molecular formula is C38H45N7O8. The van der Waals surface area contributed by atoms with Crippen LogP contribution in [0.4, 0.5) is 0 Å². The van der Waals surface area contributed by atoms with Crippen molar-refractivity contribution in [3.05, 3.63) is 83.7 Å². The third-order valence-corrected chi connectivity index (χ3v) is 8.65. The molecule has 1 aromatic heterocycles. The number of fused-ring (bicyclic) bond motifs is 14. The van der Waals surface area contributed by atoms with Gasteiger partial charge in [-0.05, 0) is 42.7 Å². The highest BCUT2D eigenvalue weighted by Gasteiger charge is 2.32. The molecule has 53 heavy (non-hydrogen) atoms. The Morgan fingerprint density at radius 3 is 2.28 bits per heavy atom. The van der Waals surface area contributed by atoms with Crippen LogP contribution in [0.15, 0.2) is 66.7 Å². The van der Waals surface area contributed by atoms with Crippen molar-refractivity contribution < 1.29 is 38.1 Å². The number of benzene rings is 3. The largest absolute Gasteiger partial charge is 0.493 e. The van der Waals surface area contributed by atoms with Crippen molar-refractivity contribution in [3.63, 3.8) is 0 Å². The fourth-order valence-corrected chi connectivity index (χ4v) is 5.89. The highest BCUT2D eigenvalue weighted by Crippen LogP contribution is 2.39. The zero-order valence-electron chi connectivity index (χ0n) is 30.6. The summed E-state index contributed by atoms with van der Waals surface area (Å²) in [6.07, 6.45) is 0.0811.